The molecule has 1 heterocycles. The number of nitrogens with one attached hydrogen (secondary N) is 1. The lowest BCUT2D eigenvalue weighted by atomic mass is 10.1. The Balaban J connectivity index is 1.71. The van der Waals surface area contributed by atoms with E-state index in [1.54, 1.807) is 17.0 Å². The summed E-state index contributed by atoms with van der Waals surface area (Å²) in [6.07, 6.45) is 1.98. The Bertz CT molecular complexity index is 1020. The second-order valence-corrected chi connectivity index (χ2v) is 8.60. The van der Waals surface area contributed by atoms with Gasteiger partial charge in [-0.25, -0.2) is 8.42 Å². The number of likely N-dealkylation sites (N-methyl/N-ethyl adjacent to an activating group) is 1. The van der Waals surface area contributed by atoms with E-state index in [1.165, 1.54) is 30.3 Å². The van der Waals surface area contributed by atoms with Crippen LogP contribution in [0.1, 0.15) is 30.1 Å². The molecule has 0 radical (unpaired) electrons. The molecule has 2 aromatic rings. The van der Waals surface area contributed by atoms with Crippen LogP contribution in [0.5, 0.6) is 0 Å². The van der Waals surface area contributed by atoms with Crippen molar-refractivity contribution in [2.75, 3.05) is 24.4 Å². The summed E-state index contributed by atoms with van der Waals surface area (Å²) in [7, 11) is -4.01. The number of sulfonamides is 1. The first-order valence-electron chi connectivity index (χ1n) is 9.58. The third-order valence-electron chi connectivity index (χ3n) is 4.84. The molecule has 1 fully saturated rings. The molecular formula is C20H23N3O6S. The normalized spacial score (nSPS) is 16.2. The Kier molecular flexibility index (Phi) is 6.68. The van der Waals surface area contributed by atoms with Gasteiger partial charge in [0.25, 0.3) is 21.6 Å². The predicted octanol–water partition coefficient (Wildman–Crippen LogP) is 3.04. The van der Waals surface area contributed by atoms with Crippen LogP contribution in [0.25, 0.3) is 0 Å². The summed E-state index contributed by atoms with van der Waals surface area (Å²) in [5.74, 6) is -0.152. The highest BCUT2D eigenvalue weighted by Gasteiger charge is 2.23. The number of carbonyl (C=O) groups excluding carboxylic acids is 1. The van der Waals surface area contributed by atoms with Crippen molar-refractivity contribution in [1.29, 1.82) is 0 Å². The van der Waals surface area contributed by atoms with Crippen LogP contribution in [-0.2, 0) is 14.8 Å². The first-order valence-corrected chi connectivity index (χ1v) is 11.1. The van der Waals surface area contributed by atoms with E-state index in [-0.39, 0.29) is 28.3 Å². The van der Waals surface area contributed by atoms with Gasteiger partial charge in [-0.1, -0.05) is 6.07 Å². The number of hydrogen-bond acceptors (Lipinski definition) is 6. The van der Waals surface area contributed by atoms with Crippen molar-refractivity contribution in [3.8, 4) is 0 Å². The highest BCUT2D eigenvalue weighted by atomic mass is 32.2. The van der Waals surface area contributed by atoms with E-state index >= 15 is 0 Å². The first kappa shape index (κ1) is 21.7. The average molecular weight is 433 g/mol. The molecule has 10 heteroatoms. The summed E-state index contributed by atoms with van der Waals surface area (Å²) in [4.78, 5) is 24.5. The number of nitrogens with zero attached hydrogens (tertiary/aromatic N) is 2. The van der Waals surface area contributed by atoms with Gasteiger partial charge in [0.1, 0.15) is 0 Å². The van der Waals surface area contributed by atoms with Crippen LogP contribution in [0.4, 0.5) is 11.4 Å². The lowest BCUT2D eigenvalue weighted by Crippen LogP contribution is -2.37. The maximum absolute atomic E-state index is 12.8. The summed E-state index contributed by atoms with van der Waals surface area (Å²) in [5, 5.41) is 10.9. The average Bonchev–Trinajstić information content (AvgIpc) is 3.25. The molecule has 0 bridgehead atoms. The molecule has 9 nitrogen and oxygen atoms in total. The van der Waals surface area contributed by atoms with Gasteiger partial charge < -0.3 is 9.64 Å². The Morgan fingerprint density at radius 2 is 2.00 bits per heavy atom. The molecule has 1 atom stereocenters. The summed E-state index contributed by atoms with van der Waals surface area (Å²) in [6.45, 7) is 3.68. The summed E-state index contributed by atoms with van der Waals surface area (Å²) in [6, 6.07) is 10.9. The smallest absolute Gasteiger partial charge is 0.270 e. The molecular weight excluding hydrogens is 410 g/mol. The van der Waals surface area contributed by atoms with Crippen LogP contribution >= 0.6 is 0 Å². The molecule has 0 saturated carbocycles. The second kappa shape index (κ2) is 9.23. The van der Waals surface area contributed by atoms with Crippen LogP contribution < -0.4 is 4.72 Å². The standard InChI is InChI=1S/C20H23N3O6S/c1-2-22(14-18-6-4-12-29-18)20(24)15-8-10-16(11-9-15)21-30(27,28)19-7-3-5-17(13-19)23(25)26/h3,5,7-11,13,18,21H,2,4,6,12,14H2,1H3. The lowest BCUT2D eigenvalue weighted by molar-refractivity contribution is -0.385. The van der Waals surface area contributed by atoms with E-state index in [9.17, 15) is 23.3 Å². The van der Waals surface area contributed by atoms with Crippen molar-refractivity contribution >= 4 is 27.3 Å². The molecule has 3 rings (SSSR count). The van der Waals surface area contributed by atoms with E-state index < -0.39 is 14.9 Å². The fourth-order valence-electron chi connectivity index (χ4n) is 3.23. The van der Waals surface area contributed by atoms with Crippen molar-refractivity contribution in [3.05, 3.63) is 64.2 Å². The monoisotopic (exact) mass is 433 g/mol. The van der Waals surface area contributed by atoms with Crippen molar-refractivity contribution < 1.29 is 22.9 Å². The van der Waals surface area contributed by atoms with E-state index in [0.29, 0.717) is 18.7 Å². The quantitative estimate of drug-likeness (QED) is 0.505. The van der Waals surface area contributed by atoms with Gasteiger partial charge in [-0.15, -0.1) is 0 Å². The molecule has 1 N–H and O–H groups in total. The summed E-state index contributed by atoms with van der Waals surface area (Å²) in [5.41, 5.74) is 0.373. The number of nitro benzene ring substituents is 1. The van der Waals surface area contributed by atoms with Crippen molar-refractivity contribution in [2.45, 2.75) is 30.8 Å². The van der Waals surface area contributed by atoms with E-state index in [0.717, 1.165) is 25.5 Å². The molecule has 1 saturated heterocycles. The van der Waals surface area contributed by atoms with E-state index in [2.05, 4.69) is 4.72 Å². The van der Waals surface area contributed by atoms with Gasteiger partial charge in [-0.3, -0.25) is 19.6 Å². The Morgan fingerprint density at radius 1 is 1.27 bits per heavy atom. The number of non-ortho nitro benzene ring substituents is 1. The zero-order valence-corrected chi connectivity index (χ0v) is 17.3. The third-order valence-corrected chi connectivity index (χ3v) is 6.22. The third kappa shape index (κ3) is 5.14. The number of ether oxygens (including phenoxy) is 1. The number of nitro groups is 1. The zero-order chi connectivity index (χ0) is 21.7. The Morgan fingerprint density at radius 3 is 2.60 bits per heavy atom. The fraction of sp³-hybridized carbons (Fsp3) is 0.350. The Hall–Kier alpha value is -2.98. The number of benzene rings is 2. The van der Waals surface area contributed by atoms with Crippen LogP contribution in [0, 0.1) is 10.1 Å². The van der Waals surface area contributed by atoms with Gasteiger partial charge in [0, 0.05) is 43.1 Å². The molecule has 160 valence electrons. The van der Waals surface area contributed by atoms with Crippen LogP contribution in [0.15, 0.2) is 53.4 Å². The number of carbonyl (C=O) groups is 1. The largest absolute Gasteiger partial charge is 0.376 e. The Labute approximate surface area is 174 Å². The SMILES string of the molecule is CCN(CC1CCCO1)C(=O)c1ccc(NS(=O)(=O)c2cccc([N+](=O)[O-])c2)cc1. The number of rotatable bonds is 8. The summed E-state index contributed by atoms with van der Waals surface area (Å²) >= 11 is 0. The molecule has 30 heavy (non-hydrogen) atoms. The lowest BCUT2D eigenvalue weighted by Gasteiger charge is -2.24. The van der Waals surface area contributed by atoms with Gasteiger partial charge in [0.05, 0.1) is 15.9 Å². The molecule has 0 aliphatic carbocycles. The first-order chi connectivity index (χ1) is 14.3. The maximum atomic E-state index is 12.8. The highest BCUT2D eigenvalue weighted by Crippen LogP contribution is 2.21. The van der Waals surface area contributed by atoms with Gasteiger partial charge in [0.2, 0.25) is 0 Å². The molecule has 1 aliphatic heterocycles. The van der Waals surface area contributed by atoms with Crippen LogP contribution in [0.2, 0.25) is 0 Å². The second-order valence-electron chi connectivity index (χ2n) is 6.92. The molecule has 0 aromatic heterocycles. The summed E-state index contributed by atoms with van der Waals surface area (Å²) < 4.78 is 33.0. The minimum atomic E-state index is -4.01. The van der Waals surface area contributed by atoms with E-state index in [1.807, 2.05) is 6.92 Å². The van der Waals surface area contributed by atoms with Gasteiger partial charge in [-0.2, -0.15) is 0 Å². The number of hydrogen-bond donors (Lipinski definition) is 1. The highest BCUT2D eigenvalue weighted by molar-refractivity contribution is 7.92. The minimum absolute atomic E-state index is 0.0508. The molecule has 2 aromatic carbocycles. The van der Waals surface area contributed by atoms with Crippen molar-refractivity contribution in [3.63, 3.8) is 0 Å². The number of anilines is 1. The van der Waals surface area contributed by atoms with Crippen LogP contribution in [0.3, 0.4) is 0 Å². The molecule has 1 unspecified atom stereocenters. The number of amides is 1. The predicted molar refractivity (Wildman–Crippen MR) is 111 cm³/mol. The van der Waals surface area contributed by atoms with Crippen molar-refractivity contribution in [1.82, 2.24) is 4.90 Å². The zero-order valence-electron chi connectivity index (χ0n) is 16.5. The molecule has 1 aliphatic rings. The van der Waals surface area contributed by atoms with Crippen molar-refractivity contribution in [2.24, 2.45) is 0 Å². The van der Waals surface area contributed by atoms with E-state index in [4.69, 9.17) is 4.74 Å². The van der Waals surface area contributed by atoms with Gasteiger partial charge in [-0.05, 0) is 50.1 Å². The molecule has 0 spiro atoms. The maximum Gasteiger partial charge on any atom is 0.270 e. The van der Waals surface area contributed by atoms with Gasteiger partial charge in [0.15, 0.2) is 0 Å². The fourth-order valence-corrected chi connectivity index (χ4v) is 4.33. The minimum Gasteiger partial charge on any atom is -0.376 e. The topological polar surface area (TPSA) is 119 Å². The molecule has 1 amide bonds. The van der Waals surface area contributed by atoms with Crippen LogP contribution in [-0.4, -0.2) is 49.9 Å². The van der Waals surface area contributed by atoms with Gasteiger partial charge >= 0.3 is 0 Å².